The Kier molecular flexibility index (Phi) is 9.54. The molecular weight excluding hydrogens is 663 g/mol. The molecule has 0 heterocycles. The fraction of sp³-hybridized carbons (Fsp3) is 0.212. The molecule has 218 valence electrons. The average Bonchev–Trinajstić information content (AvgIpc) is 2.97. The zero-order valence-corrected chi connectivity index (χ0v) is 27.1. The number of benzene rings is 4. The van der Waals surface area contributed by atoms with Crippen LogP contribution in [0.25, 0.3) is 11.1 Å². The molecule has 1 unspecified atom stereocenters. The topological polar surface area (TPSA) is 104 Å². The Morgan fingerprint density at radius 2 is 1.33 bits per heavy atom. The second-order valence-corrected chi connectivity index (χ2v) is 13.2. The van der Waals surface area contributed by atoms with Gasteiger partial charge in [0.05, 0.1) is 4.90 Å². The van der Waals surface area contributed by atoms with E-state index in [4.69, 9.17) is 0 Å². The van der Waals surface area contributed by atoms with Crippen LogP contribution in [0.2, 0.25) is 0 Å². The predicted molar refractivity (Wildman–Crippen MR) is 173 cm³/mol. The monoisotopic (exact) mass is 696 g/mol. The lowest BCUT2D eigenvalue weighted by molar-refractivity contribution is -0.142. The van der Waals surface area contributed by atoms with Crippen molar-refractivity contribution in [2.24, 2.45) is 0 Å². The van der Waals surface area contributed by atoms with Gasteiger partial charge in [-0.25, -0.2) is 18.2 Å². The first-order valence-corrected chi connectivity index (χ1v) is 15.9. The largest absolute Gasteiger partial charge is 0.480 e. The number of amides is 1. The summed E-state index contributed by atoms with van der Waals surface area (Å²) in [6.45, 7) is 9.08. The summed E-state index contributed by atoms with van der Waals surface area (Å²) in [5.41, 5.74) is 6.49. The summed E-state index contributed by atoms with van der Waals surface area (Å²) in [7, 11) is -4.37. The molecule has 7 nitrogen and oxygen atoms in total. The molecule has 0 bridgehead atoms. The van der Waals surface area contributed by atoms with E-state index < -0.39 is 27.9 Å². The molecule has 1 amide bonds. The fourth-order valence-corrected chi connectivity index (χ4v) is 7.24. The van der Waals surface area contributed by atoms with Gasteiger partial charge in [0, 0.05) is 15.6 Å². The van der Waals surface area contributed by atoms with Crippen molar-refractivity contribution in [3.05, 3.63) is 121 Å². The molecule has 0 fully saturated rings. The van der Waals surface area contributed by atoms with Crippen LogP contribution in [0.5, 0.6) is 0 Å². The van der Waals surface area contributed by atoms with E-state index in [9.17, 15) is 23.1 Å². The van der Waals surface area contributed by atoms with Gasteiger partial charge in [-0.05, 0) is 120 Å². The number of carboxylic acids is 1. The molecular formula is C33H33IN2O5S. The molecule has 0 radical (unpaired) electrons. The van der Waals surface area contributed by atoms with Gasteiger partial charge < -0.3 is 5.11 Å². The first kappa shape index (κ1) is 31.4. The number of carboxylic acid groups (broad SMARTS) is 1. The zero-order chi connectivity index (χ0) is 30.8. The number of hydrazine groups is 1. The number of carbonyl (C=O) groups is 2. The van der Waals surface area contributed by atoms with Gasteiger partial charge >= 0.3 is 5.97 Å². The first-order chi connectivity index (χ1) is 19.8. The maximum atomic E-state index is 14.0. The van der Waals surface area contributed by atoms with Crippen molar-refractivity contribution in [3.8, 4) is 11.1 Å². The average molecular weight is 697 g/mol. The second kappa shape index (κ2) is 12.8. The molecule has 2 N–H and O–H groups in total. The maximum Gasteiger partial charge on any atom is 0.328 e. The van der Waals surface area contributed by atoms with Crippen LogP contribution in [0, 0.1) is 38.2 Å². The van der Waals surface area contributed by atoms with Gasteiger partial charge in [0.25, 0.3) is 15.9 Å². The van der Waals surface area contributed by atoms with Gasteiger partial charge in [-0.15, -0.1) is 4.83 Å². The first-order valence-electron chi connectivity index (χ1n) is 13.4. The van der Waals surface area contributed by atoms with E-state index in [0.717, 1.165) is 36.4 Å². The molecule has 0 aliphatic heterocycles. The second-order valence-electron chi connectivity index (χ2n) is 10.4. The van der Waals surface area contributed by atoms with Crippen LogP contribution in [-0.4, -0.2) is 36.5 Å². The smallest absolute Gasteiger partial charge is 0.328 e. The van der Waals surface area contributed by atoms with Crippen LogP contribution in [-0.2, 0) is 21.2 Å². The third kappa shape index (κ3) is 6.58. The Labute approximate surface area is 260 Å². The normalized spacial score (nSPS) is 12.1. The highest BCUT2D eigenvalue weighted by atomic mass is 127. The molecule has 4 aromatic carbocycles. The van der Waals surface area contributed by atoms with E-state index in [1.165, 1.54) is 6.07 Å². The molecule has 4 aromatic rings. The van der Waals surface area contributed by atoms with Gasteiger partial charge in [0.15, 0.2) is 6.04 Å². The summed E-state index contributed by atoms with van der Waals surface area (Å²) < 4.78 is 28.7. The van der Waals surface area contributed by atoms with E-state index in [-0.39, 0.29) is 16.9 Å². The Bertz CT molecular complexity index is 1720. The lowest BCUT2D eigenvalue weighted by atomic mass is 9.95. The van der Waals surface area contributed by atoms with Gasteiger partial charge in [0.1, 0.15) is 0 Å². The highest BCUT2D eigenvalue weighted by molar-refractivity contribution is 14.1. The molecule has 0 spiro atoms. The van der Waals surface area contributed by atoms with E-state index in [1.807, 2.05) is 63.2 Å². The Hall–Kier alpha value is -3.54. The summed E-state index contributed by atoms with van der Waals surface area (Å²) in [5.74, 6) is -2.10. The van der Waals surface area contributed by atoms with Gasteiger partial charge in [-0.3, -0.25) is 4.79 Å². The number of aliphatic carboxylic acids is 1. The Morgan fingerprint density at radius 3 is 1.88 bits per heavy atom. The summed E-state index contributed by atoms with van der Waals surface area (Å²) in [6.07, 6.45) is -0.119. The quantitative estimate of drug-likeness (QED) is 0.153. The fourth-order valence-electron chi connectivity index (χ4n) is 5.03. The van der Waals surface area contributed by atoms with Crippen LogP contribution in [0.3, 0.4) is 0 Å². The number of hydrogen-bond donors (Lipinski definition) is 2. The minimum atomic E-state index is -4.37. The number of carbonyl (C=O) groups excluding carboxylic acids is 1. The van der Waals surface area contributed by atoms with Crippen LogP contribution in [0.15, 0.2) is 83.8 Å². The van der Waals surface area contributed by atoms with Crippen molar-refractivity contribution in [1.29, 1.82) is 0 Å². The molecule has 42 heavy (non-hydrogen) atoms. The van der Waals surface area contributed by atoms with E-state index in [2.05, 4.69) is 27.4 Å². The minimum Gasteiger partial charge on any atom is -0.480 e. The van der Waals surface area contributed by atoms with E-state index in [1.54, 1.807) is 44.2 Å². The molecule has 0 aromatic heterocycles. The predicted octanol–water partition coefficient (Wildman–Crippen LogP) is 6.53. The lowest BCUT2D eigenvalue weighted by Crippen LogP contribution is -2.55. The van der Waals surface area contributed by atoms with Gasteiger partial charge in [-0.2, -0.15) is 0 Å². The SMILES string of the molecule is Cc1c(C)c(C)c(S(=O)(=O)NN(C(=O)c2cccc(I)c2)C(Cc2ccc(-c3ccccc3)cc2)C(=O)O)c(C)c1C. The number of nitrogens with one attached hydrogen (secondary N) is 1. The Morgan fingerprint density at radius 1 is 0.786 bits per heavy atom. The summed E-state index contributed by atoms with van der Waals surface area (Å²) in [4.78, 5) is 29.0. The van der Waals surface area contributed by atoms with Crippen molar-refractivity contribution in [3.63, 3.8) is 0 Å². The minimum absolute atomic E-state index is 0.0416. The third-order valence-corrected chi connectivity index (χ3v) is 10.1. The third-order valence-electron chi connectivity index (χ3n) is 7.80. The highest BCUT2D eigenvalue weighted by Crippen LogP contribution is 2.30. The van der Waals surface area contributed by atoms with Crippen molar-refractivity contribution >= 4 is 44.5 Å². The molecule has 9 heteroatoms. The van der Waals surface area contributed by atoms with Crippen LogP contribution < -0.4 is 4.83 Å². The molecule has 0 aliphatic rings. The maximum absolute atomic E-state index is 14.0. The number of nitrogens with zero attached hydrogens (tertiary/aromatic N) is 1. The number of hydrogen-bond acceptors (Lipinski definition) is 4. The van der Waals surface area contributed by atoms with Crippen LogP contribution >= 0.6 is 22.6 Å². The zero-order valence-electron chi connectivity index (χ0n) is 24.1. The van der Waals surface area contributed by atoms with Crippen LogP contribution in [0.4, 0.5) is 0 Å². The molecule has 0 aliphatic carbocycles. The summed E-state index contributed by atoms with van der Waals surface area (Å²) in [5, 5.41) is 11.1. The van der Waals surface area contributed by atoms with E-state index in [0.29, 0.717) is 16.7 Å². The lowest BCUT2D eigenvalue weighted by Gasteiger charge is -2.30. The highest BCUT2D eigenvalue weighted by Gasteiger charge is 2.36. The number of sulfonamides is 1. The Balaban J connectivity index is 1.78. The van der Waals surface area contributed by atoms with Crippen LogP contribution in [0.1, 0.15) is 43.7 Å². The number of halogens is 1. The van der Waals surface area contributed by atoms with Crippen molar-refractivity contribution in [2.45, 2.75) is 52.0 Å². The number of rotatable bonds is 9. The summed E-state index contributed by atoms with van der Waals surface area (Å²) >= 11 is 2.05. The van der Waals surface area contributed by atoms with Gasteiger partial charge in [0.2, 0.25) is 0 Å². The molecule has 1 atom stereocenters. The van der Waals surface area contributed by atoms with Crippen molar-refractivity contribution < 1.29 is 23.1 Å². The van der Waals surface area contributed by atoms with E-state index >= 15 is 0 Å². The molecule has 0 saturated heterocycles. The molecule has 0 saturated carbocycles. The van der Waals surface area contributed by atoms with Gasteiger partial charge in [-0.1, -0.05) is 60.7 Å². The molecule has 4 rings (SSSR count). The van der Waals surface area contributed by atoms with Crippen molar-refractivity contribution in [2.75, 3.05) is 0 Å². The van der Waals surface area contributed by atoms with Crippen molar-refractivity contribution in [1.82, 2.24) is 9.84 Å². The summed E-state index contributed by atoms with van der Waals surface area (Å²) in [6, 6.07) is 22.2. The standard InChI is InChI=1S/C33H33IN2O5S/c1-20-21(2)23(4)31(24(5)22(20)3)42(40,41)35-36(32(37)28-12-9-13-29(34)19-28)30(33(38)39)18-25-14-16-27(17-15-25)26-10-7-6-8-11-26/h6-17,19,30,35H,18H2,1-5H3,(H,38,39).